The minimum absolute atomic E-state index is 0.0850. The lowest BCUT2D eigenvalue weighted by Gasteiger charge is -2.05. The van der Waals surface area contributed by atoms with E-state index in [1.807, 2.05) is 42.6 Å². The lowest BCUT2D eigenvalue weighted by atomic mass is 10.2. The third kappa shape index (κ3) is 4.58. The van der Waals surface area contributed by atoms with Crippen molar-refractivity contribution in [2.75, 3.05) is 6.79 Å². The van der Waals surface area contributed by atoms with E-state index >= 15 is 0 Å². The van der Waals surface area contributed by atoms with Gasteiger partial charge in [0.1, 0.15) is 17.4 Å². The molecule has 1 amide bonds. The second-order valence-electron chi connectivity index (χ2n) is 6.30. The van der Waals surface area contributed by atoms with Gasteiger partial charge in [0, 0.05) is 17.6 Å². The molecule has 144 valence electrons. The molecule has 0 aliphatic carbocycles. The zero-order valence-corrected chi connectivity index (χ0v) is 16.1. The Balaban J connectivity index is 1.25. The Labute approximate surface area is 166 Å². The number of ether oxygens (including phenoxy) is 3. The number of benzene rings is 1. The number of thiazole rings is 1. The zero-order valence-electron chi connectivity index (χ0n) is 15.3. The Bertz CT molecular complexity index is 972. The lowest BCUT2D eigenvalue weighted by molar-refractivity contribution is -0.120. The van der Waals surface area contributed by atoms with Crippen LogP contribution >= 0.6 is 11.3 Å². The highest BCUT2D eigenvalue weighted by atomic mass is 32.1. The molecule has 3 aromatic rings. The molecule has 8 heteroatoms. The Hall–Kier alpha value is -3.13. The summed E-state index contributed by atoms with van der Waals surface area (Å²) < 4.78 is 16.3. The van der Waals surface area contributed by atoms with Crippen LogP contribution < -0.4 is 19.5 Å². The smallest absolute Gasteiger partial charge is 0.231 e. The molecule has 0 fully saturated rings. The molecule has 0 saturated heterocycles. The van der Waals surface area contributed by atoms with Crippen molar-refractivity contribution in [3.8, 4) is 17.2 Å². The van der Waals surface area contributed by atoms with Crippen LogP contribution in [0.15, 0.2) is 41.9 Å². The van der Waals surface area contributed by atoms with Gasteiger partial charge in [0.15, 0.2) is 11.5 Å². The number of nitrogens with one attached hydrogen (secondary N) is 1. The Kier molecular flexibility index (Phi) is 5.38. The first-order valence-corrected chi connectivity index (χ1v) is 9.67. The van der Waals surface area contributed by atoms with Gasteiger partial charge in [0.2, 0.25) is 12.7 Å². The standard InChI is InChI=1S/C20H19N3O4S/c1-13-2-4-16(9-21-13)25-10-20-23-15(11-28-20)7-19(24)22-8-14-3-5-17-18(6-14)27-12-26-17/h2-6,9,11H,7-8,10,12H2,1H3,(H,22,24). The molecule has 0 spiro atoms. The number of aryl methyl sites for hydroxylation is 1. The number of carbonyl (C=O) groups is 1. The van der Waals surface area contributed by atoms with Gasteiger partial charge >= 0.3 is 0 Å². The van der Waals surface area contributed by atoms with Crippen LogP contribution in [0.3, 0.4) is 0 Å². The highest BCUT2D eigenvalue weighted by Crippen LogP contribution is 2.32. The molecule has 1 aromatic carbocycles. The van der Waals surface area contributed by atoms with Gasteiger partial charge in [-0.25, -0.2) is 4.98 Å². The summed E-state index contributed by atoms with van der Waals surface area (Å²) in [5, 5.41) is 5.60. The van der Waals surface area contributed by atoms with Crippen LogP contribution in [0, 0.1) is 6.92 Å². The van der Waals surface area contributed by atoms with Crippen LogP contribution in [-0.4, -0.2) is 22.7 Å². The molecule has 0 saturated carbocycles. The maximum atomic E-state index is 12.2. The molecular weight excluding hydrogens is 378 g/mol. The predicted octanol–water partition coefficient (Wildman–Crippen LogP) is 3.01. The third-order valence-corrected chi connectivity index (χ3v) is 4.99. The molecule has 1 aliphatic heterocycles. The van der Waals surface area contributed by atoms with Crippen molar-refractivity contribution in [1.82, 2.24) is 15.3 Å². The van der Waals surface area contributed by atoms with Gasteiger partial charge in [-0.1, -0.05) is 6.07 Å². The number of pyridine rings is 1. The summed E-state index contributed by atoms with van der Waals surface area (Å²) in [6.45, 7) is 2.94. The molecule has 1 aliphatic rings. The number of fused-ring (bicyclic) bond motifs is 1. The first-order chi connectivity index (χ1) is 13.7. The van der Waals surface area contributed by atoms with Gasteiger partial charge in [-0.2, -0.15) is 0 Å². The summed E-state index contributed by atoms with van der Waals surface area (Å²) in [6, 6.07) is 9.40. The van der Waals surface area contributed by atoms with Crippen LogP contribution in [0.25, 0.3) is 0 Å². The quantitative estimate of drug-likeness (QED) is 0.660. The second-order valence-corrected chi connectivity index (χ2v) is 7.24. The number of nitrogens with zero attached hydrogens (tertiary/aromatic N) is 2. The molecule has 1 N–H and O–H groups in total. The Morgan fingerprint density at radius 2 is 2.14 bits per heavy atom. The van der Waals surface area contributed by atoms with Crippen molar-refractivity contribution < 1.29 is 19.0 Å². The van der Waals surface area contributed by atoms with E-state index in [-0.39, 0.29) is 19.1 Å². The monoisotopic (exact) mass is 397 g/mol. The van der Waals surface area contributed by atoms with Crippen molar-refractivity contribution in [1.29, 1.82) is 0 Å². The number of rotatable bonds is 7. The van der Waals surface area contributed by atoms with Gasteiger partial charge < -0.3 is 19.5 Å². The number of amides is 1. The summed E-state index contributed by atoms with van der Waals surface area (Å²) in [5.41, 5.74) is 2.63. The molecule has 0 radical (unpaired) electrons. The largest absolute Gasteiger partial charge is 0.485 e. The van der Waals surface area contributed by atoms with Crippen LogP contribution in [0.5, 0.6) is 17.2 Å². The van der Waals surface area contributed by atoms with Gasteiger partial charge in [0.25, 0.3) is 0 Å². The van der Waals surface area contributed by atoms with E-state index in [0.717, 1.165) is 27.7 Å². The lowest BCUT2D eigenvalue weighted by Crippen LogP contribution is -2.24. The summed E-state index contributed by atoms with van der Waals surface area (Å²) >= 11 is 1.47. The van der Waals surface area contributed by atoms with Crippen molar-refractivity contribution in [3.05, 3.63) is 63.9 Å². The van der Waals surface area contributed by atoms with E-state index in [4.69, 9.17) is 14.2 Å². The number of carbonyl (C=O) groups excluding carboxylic acids is 1. The maximum Gasteiger partial charge on any atom is 0.231 e. The summed E-state index contributed by atoms with van der Waals surface area (Å²) in [6.07, 6.45) is 1.92. The van der Waals surface area contributed by atoms with E-state index in [2.05, 4.69) is 15.3 Å². The van der Waals surface area contributed by atoms with Crippen LogP contribution in [0.2, 0.25) is 0 Å². The minimum Gasteiger partial charge on any atom is -0.485 e. The maximum absolute atomic E-state index is 12.2. The zero-order chi connectivity index (χ0) is 19.3. The topological polar surface area (TPSA) is 82.6 Å². The molecule has 7 nitrogen and oxygen atoms in total. The van der Waals surface area contributed by atoms with Gasteiger partial charge in [0.05, 0.1) is 18.3 Å². The third-order valence-electron chi connectivity index (χ3n) is 4.11. The van der Waals surface area contributed by atoms with Gasteiger partial charge in [-0.15, -0.1) is 11.3 Å². The van der Waals surface area contributed by atoms with Crippen molar-refractivity contribution in [3.63, 3.8) is 0 Å². The SMILES string of the molecule is Cc1ccc(OCc2nc(CC(=O)NCc3ccc4c(c3)OCO4)cs2)cn1. The highest BCUT2D eigenvalue weighted by Gasteiger charge is 2.14. The Morgan fingerprint density at radius 3 is 3.00 bits per heavy atom. The molecule has 0 unspecified atom stereocenters. The Morgan fingerprint density at radius 1 is 1.25 bits per heavy atom. The number of aromatic nitrogens is 2. The van der Waals surface area contributed by atoms with Crippen LogP contribution in [-0.2, 0) is 24.4 Å². The van der Waals surface area contributed by atoms with Crippen LogP contribution in [0.4, 0.5) is 0 Å². The molecule has 3 heterocycles. The number of hydrogen-bond acceptors (Lipinski definition) is 7. The fraction of sp³-hybridized carbons (Fsp3) is 0.250. The highest BCUT2D eigenvalue weighted by molar-refractivity contribution is 7.09. The summed E-state index contributed by atoms with van der Waals surface area (Å²) in [7, 11) is 0. The van der Waals surface area contributed by atoms with Crippen molar-refractivity contribution in [2.45, 2.75) is 26.5 Å². The average Bonchev–Trinajstić information content (AvgIpc) is 3.34. The van der Waals surface area contributed by atoms with E-state index in [1.54, 1.807) is 6.20 Å². The van der Waals surface area contributed by atoms with Crippen molar-refractivity contribution >= 4 is 17.2 Å². The van der Waals surface area contributed by atoms with E-state index in [1.165, 1.54) is 11.3 Å². The first-order valence-electron chi connectivity index (χ1n) is 8.80. The van der Waals surface area contributed by atoms with E-state index < -0.39 is 0 Å². The molecule has 4 rings (SSSR count). The molecule has 0 bridgehead atoms. The first kappa shape index (κ1) is 18.2. The van der Waals surface area contributed by atoms with Gasteiger partial charge in [-0.05, 0) is 36.8 Å². The minimum atomic E-state index is -0.0850. The second kappa shape index (κ2) is 8.26. The van der Waals surface area contributed by atoms with E-state index in [0.29, 0.717) is 24.7 Å². The van der Waals surface area contributed by atoms with E-state index in [9.17, 15) is 4.79 Å². The van der Waals surface area contributed by atoms with Crippen molar-refractivity contribution in [2.24, 2.45) is 0 Å². The van der Waals surface area contributed by atoms with Crippen LogP contribution in [0.1, 0.15) is 22.0 Å². The fourth-order valence-electron chi connectivity index (χ4n) is 2.66. The van der Waals surface area contributed by atoms with Gasteiger partial charge in [-0.3, -0.25) is 9.78 Å². The summed E-state index contributed by atoms with van der Waals surface area (Å²) in [5.74, 6) is 2.05. The summed E-state index contributed by atoms with van der Waals surface area (Å²) in [4.78, 5) is 20.8. The molecule has 2 aromatic heterocycles. The average molecular weight is 397 g/mol. The molecule has 28 heavy (non-hydrogen) atoms. The molecular formula is C20H19N3O4S. The fourth-order valence-corrected chi connectivity index (χ4v) is 3.36. The predicted molar refractivity (Wildman–Crippen MR) is 104 cm³/mol. The number of hydrogen-bond donors (Lipinski definition) is 1. The molecule has 0 atom stereocenters. The normalized spacial score (nSPS) is 12.0.